The molecule has 3 rings (SSSR count). The SMILES string of the molecule is Cc1c(C(=O)NC2CN(C(=O)OC(C)(C)C)C2)nnn1-c1ccc(F)cc1. The molecule has 1 saturated heterocycles. The van der Waals surface area contributed by atoms with E-state index in [1.54, 1.807) is 39.8 Å². The molecule has 1 fully saturated rings. The Hall–Kier alpha value is -2.97. The Bertz CT molecular complexity index is 851. The lowest BCUT2D eigenvalue weighted by atomic mass is 10.1. The molecule has 144 valence electrons. The number of carbonyl (C=O) groups excluding carboxylic acids is 2. The van der Waals surface area contributed by atoms with E-state index >= 15 is 0 Å². The van der Waals surface area contributed by atoms with Crippen LogP contribution >= 0.6 is 0 Å². The van der Waals surface area contributed by atoms with E-state index in [1.807, 2.05) is 0 Å². The molecule has 27 heavy (non-hydrogen) atoms. The highest BCUT2D eigenvalue weighted by atomic mass is 19.1. The summed E-state index contributed by atoms with van der Waals surface area (Å²) in [6, 6.07) is 5.58. The van der Waals surface area contributed by atoms with E-state index in [1.165, 1.54) is 21.7 Å². The monoisotopic (exact) mass is 375 g/mol. The topological polar surface area (TPSA) is 89.3 Å². The summed E-state index contributed by atoms with van der Waals surface area (Å²) >= 11 is 0. The molecule has 1 aromatic carbocycles. The molecule has 0 spiro atoms. The Kier molecular flexibility index (Phi) is 4.86. The number of aromatic nitrogens is 3. The van der Waals surface area contributed by atoms with E-state index in [-0.39, 0.29) is 23.5 Å². The van der Waals surface area contributed by atoms with Crippen LogP contribution in [0.15, 0.2) is 24.3 Å². The van der Waals surface area contributed by atoms with Crippen LogP contribution in [0.1, 0.15) is 37.0 Å². The zero-order chi connectivity index (χ0) is 19.8. The molecule has 1 N–H and O–H groups in total. The maximum Gasteiger partial charge on any atom is 0.410 e. The summed E-state index contributed by atoms with van der Waals surface area (Å²) in [7, 11) is 0. The van der Waals surface area contributed by atoms with Crippen molar-refractivity contribution >= 4 is 12.0 Å². The number of ether oxygens (including phenoxy) is 1. The van der Waals surface area contributed by atoms with Gasteiger partial charge in [0.05, 0.1) is 17.4 Å². The first-order valence-electron chi connectivity index (χ1n) is 8.61. The minimum Gasteiger partial charge on any atom is -0.444 e. The van der Waals surface area contributed by atoms with Gasteiger partial charge in [-0.2, -0.15) is 0 Å². The predicted octanol–water partition coefficient (Wildman–Crippen LogP) is 2.06. The van der Waals surface area contributed by atoms with Crippen LogP contribution in [-0.4, -0.2) is 56.6 Å². The second kappa shape index (κ2) is 6.98. The van der Waals surface area contributed by atoms with Gasteiger partial charge in [0, 0.05) is 13.1 Å². The molecule has 0 aliphatic carbocycles. The molecule has 1 aliphatic heterocycles. The van der Waals surface area contributed by atoms with Gasteiger partial charge in [-0.05, 0) is 52.0 Å². The van der Waals surface area contributed by atoms with E-state index in [9.17, 15) is 14.0 Å². The van der Waals surface area contributed by atoms with Crippen LogP contribution in [0.3, 0.4) is 0 Å². The van der Waals surface area contributed by atoms with Crippen molar-refractivity contribution in [3.8, 4) is 5.69 Å². The lowest BCUT2D eigenvalue weighted by molar-refractivity contribution is 0.00530. The van der Waals surface area contributed by atoms with Crippen LogP contribution in [0.4, 0.5) is 9.18 Å². The Morgan fingerprint density at radius 1 is 1.22 bits per heavy atom. The summed E-state index contributed by atoms with van der Waals surface area (Å²) in [5.74, 6) is -0.719. The van der Waals surface area contributed by atoms with Crippen LogP contribution in [0, 0.1) is 12.7 Å². The molecule has 8 nitrogen and oxygen atoms in total. The lowest BCUT2D eigenvalue weighted by Gasteiger charge is -2.39. The van der Waals surface area contributed by atoms with Crippen molar-refractivity contribution in [2.45, 2.75) is 39.3 Å². The standard InChI is InChI=1S/C18H22FN5O3/c1-11-15(21-22-24(11)14-7-5-12(19)6-8-14)16(25)20-13-9-23(10-13)17(26)27-18(2,3)4/h5-8,13H,9-10H2,1-4H3,(H,20,25). The number of rotatable bonds is 3. The van der Waals surface area contributed by atoms with Crippen molar-refractivity contribution in [1.29, 1.82) is 0 Å². The lowest BCUT2D eigenvalue weighted by Crippen LogP contribution is -2.61. The number of benzene rings is 1. The highest BCUT2D eigenvalue weighted by Crippen LogP contribution is 2.17. The van der Waals surface area contributed by atoms with Gasteiger partial charge in [-0.1, -0.05) is 5.21 Å². The summed E-state index contributed by atoms with van der Waals surface area (Å²) in [5, 5.41) is 10.7. The maximum absolute atomic E-state index is 13.1. The average Bonchev–Trinajstić information content (AvgIpc) is 2.91. The van der Waals surface area contributed by atoms with Gasteiger partial charge in [-0.3, -0.25) is 4.79 Å². The van der Waals surface area contributed by atoms with Crippen LogP contribution < -0.4 is 5.32 Å². The highest BCUT2D eigenvalue weighted by Gasteiger charge is 2.35. The first-order chi connectivity index (χ1) is 12.6. The third-order valence-electron chi connectivity index (χ3n) is 4.05. The third kappa shape index (κ3) is 4.24. The fourth-order valence-electron chi connectivity index (χ4n) is 2.67. The first-order valence-corrected chi connectivity index (χ1v) is 8.61. The fraction of sp³-hybridized carbons (Fsp3) is 0.444. The number of hydrogen-bond acceptors (Lipinski definition) is 5. The third-order valence-corrected chi connectivity index (χ3v) is 4.05. The minimum absolute atomic E-state index is 0.166. The Morgan fingerprint density at radius 2 is 1.85 bits per heavy atom. The van der Waals surface area contributed by atoms with E-state index in [4.69, 9.17) is 4.74 Å². The fourth-order valence-corrected chi connectivity index (χ4v) is 2.67. The summed E-state index contributed by atoms with van der Waals surface area (Å²) < 4.78 is 19.8. The minimum atomic E-state index is -0.554. The van der Waals surface area contributed by atoms with E-state index in [2.05, 4.69) is 15.6 Å². The van der Waals surface area contributed by atoms with Gasteiger partial charge in [-0.15, -0.1) is 5.10 Å². The predicted molar refractivity (Wildman–Crippen MR) is 95.1 cm³/mol. The van der Waals surface area contributed by atoms with Gasteiger partial charge in [0.1, 0.15) is 11.4 Å². The normalized spacial score (nSPS) is 14.6. The molecule has 2 amide bonds. The number of halogens is 1. The Morgan fingerprint density at radius 3 is 2.44 bits per heavy atom. The molecular weight excluding hydrogens is 353 g/mol. The number of hydrogen-bond donors (Lipinski definition) is 1. The molecule has 1 aliphatic rings. The van der Waals surface area contributed by atoms with Crippen LogP contribution in [0.25, 0.3) is 5.69 Å². The van der Waals surface area contributed by atoms with Crippen molar-refractivity contribution in [3.63, 3.8) is 0 Å². The van der Waals surface area contributed by atoms with Crippen molar-refractivity contribution in [2.75, 3.05) is 13.1 Å². The quantitative estimate of drug-likeness (QED) is 0.887. The van der Waals surface area contributed by atoms with E-state index in [0.717, 1.165) is 0 Å². The number of amides is 2. The molecule has 0 radical (unpaired) electrons. The van der Waals surface area contributed by atoms with E-state index < -0.39 is 11.7 Å². The van der Waals surface area contributed by atoms with Gasteiger partial charge < -0.3 is 15.0 Å². The zero-order valence-electron chi connectivity index (χ0n) is 15.7. The second-order valence-electron chi connectivity index (χ2n) is 7.47. The van der Waals surface area contributed by atoms with Gasteiger partial charge in [0.25, 0.3) is 5.91 Å². The van der Waals surface area contributed by atoms with Gasteiger partial charge >= 0.3 is 6.09 Å². The summed E-state index contributed by atoms with van der Waals surface area (Å²) in [5.41, 5.74) is 0.791. The smallest absolute Gasteiger partial charge is 0.410 e. The molecule has 1 aromatic heterocycles. The van der Waals surface area contributed by atoms with E-state index in [0.29, 0.717) is 24.5 Å². The number of nitrogens with one attached hydrogen (secondary N) is 1. The molecule has 0 saturated carbocycles. The van der Waals surface area contributed by atoms with Crippen molar-refractivity contribution in [2.24, 2.45) is 0 Å². The van der Waals surface area contributed by atoms with Gasteiger partial charge in [-0.25, -0.2) is 13.9 Å². The molecule has 2 aromatic rings. The van der Waals surface area contributed by atoms with Crippen molar-refractivity contribution in [1.82, 2.24) is 25.2 Å². The molecule has 2 heterocycles. The van der Waals surface area contributed by atoms with Crippen molar-refractivity contribution in [3.05, 3.63) is 41.5 Å². The summed E-state index contributed by atoms with van der Waals surface area (Å²) in [6.45, 7) is 7.88. The number of carbonyl (C=O) groups is 2. The summed E-state index contributed by atoms with van der Waals surface area (Å²) in [4.78, 5) is 25.9. The molecule has 9 heteroatoms. The number of likely N-dealkylation sites (tertiary alicyclic amines) is 1. The molecule has 0 atom stereocenters. The maximum atomic E-state index is 13.1. The summed E-state index contributed by atoms with van der Waals surface area (Å²) in [6.07, 6.45) is -0.397. The van der Waals surface area contributed by atoms with Crippen LogP contribution in [0.5, 0.6) is 0 Å². The zero-order valence-corrected chi connectivity index (χ0v) is 15.7. The highest BCUT2D eigenvalue weighted by molar-refractivity contribution is 5.93. The number of nitrogens with zero attached hydrogens (tertiary/aromatic N) is 4. The van der Waals surface area contributed by atoms with Crippen molar-refractivity contribution < 1.29 is 18.7 Å². The Labute approximate surface area is 156 Å². The molecule has 0 unspecified atom stereocenters. The van der Waals surface area contributed by atoms with Gasteiger partial charge in [0.2, 0.25) is 0 Å². The van der Waals surface area contributed by atoms with Crippen LogP contribution in [-0.2, 0) is 4.74 Å². The molecule has 0 bridgehead atoms. The van der Waals surface area contributed by atoms with Crippen LogP contribution in [0.2, 0.25) is 0 Å². The molecular formula is C18H22FN5O3. The Balaban J connectivity index is 1.59. The second-order valence-corrected chi connectivity index (χ2v) is 7.47. The largest absolute Gasteiger partial charge is 0.444 e. The first kappa shape index (κ1) is 18.8. The van der Waals surface area contributed by atoms with Gasteiger partial charge in [0.15, 0.2) is 5.69 Å². The average molecular weight is 375 g/mol.